The van der Waals surface area contributed by atoms with Crippen LogP contribution in [-0.2, 0) is 17.9 Å². The maximum Gasteiger partial charge on any atom is 0.407 e. The van der Waals surface area contributed by atoms with Gasteiger partial charge in [0.25, 0.3) is 0 Å². The largest absolute Gasteiger partial charge is 0.445 e. The van der Waals surface area contributed by atoms with Crippen molar-refractivity contribution >= 4 is 41.1 Å². The number of carbonyl (C=O) groups is 2. The quantitative estimate of drug-likeness (QED) is 0.563. The highest BCUT2D eigenvalue weighted by Crippen LogP contribution is 2.20. The van der Waals surface area contributed by atoms with Gasteiger partial charge in [-0.2, -0.15) is 0 Å². The van der Waals surface area contributed by atoms with Gasteiger partial charge in [0.05, 0.1) is 0 Å². The van der Waals surface area contributed by atoms with E-state index >= 15 is 0 Å². The first-order valence-corrected chi connectivity index (χ1v) is 9.02. The molecule has 2 aromatic carbocycles. The van der Waals surface area contributed by atoms with Crippen LogP contribution >= 0.6 is 12.4 Å². The summed E-state index contributed by atoms with van der Waals surface area (Å²) in [5.74, 6) is 0.464. The maximum absolute atomic E-state index is 12.0. The van der Waals surface area contributed by atoms with E-state index in [2.05, 4.69) is 20.9 Å². The Labute approximate surface area is 175 Å². The van der Waals surface area contributed by atoms with Crippen molar-refractivity contribution in [1.29, 1.82) is 0 Å². The molecule has 7 nitrogen and oxygen atoms in total. The summed E-state index contributed by atoms with van der Waals surface area (Å²) in [6, 6.07) is 16.7. The van der Waals surface area contributed by atoms with Crippen molar-refractivity contribution in [2.24, 2.45) is 0 Å². The molecule has 3 rings (SSSR count). The molecule has 152 valence electrons. The number of carbonyl (C=O) groups excluding carboxylic acids is 2. The average Bonchev–Trinajstić information content (AvgIpc) is 2.71. The number of alkyl carbamates (subject to hydrolysis) is 1. The Hall–Kier alpha value is -3.32. The Morgan fingerprint density at radius 3 is 2.59 bits per heavy atom. The van der Waals surface area contributed by atoms with Crippen LogP contribution in [0.3, 0.4) is 0 Å². The van der Waals surface area contributed by atoms with E-state index in [4.69, 9.17) is 4.74 Å². The molecule has 8 heteroatoms. The topological polar surface area (TPSA) is 92.4 Å². The highest BCUT2D eigenvalue weighted by Gasteiger charge is 2.08. The highest BCUT2D eigenvalue weighted by atomic mass is 35.5. The van der Waals surface area contributed by atoms with Gasteiger partial charge in [-0.05, 0) is 29.5 Å². The molecule has 3 amide bonds. The molecule has 29 heavy (non-hydrogen) atoms. The van der Waals surface area contributed by atoms with Crippen LogP contribution in [0.5, 0.6) is 0 Å². The van der Waals surface area contributed by atoms with Crippen LogP contribution in [0.2, 0.25) is 0 Å². The number of rotatable bonds is 6. The second kappa shape index (κ2) is 10.9. The Morgan fingerprint density at radius 2 is 1.83 bits per heavy atom. The molecule has 0 fully saturated rings. The average molecular weight is 415 g/mol. The van der Waals surface area contributed by atoms with Crippen molar-refractivity contribution in [1.82, 2.24) is 15.6 Å². The Morgan fingerprint density at radius 1 is 1.03 bits per heavy atom. The summed E-state index contributed by atoms with van der Waals surface area (Å²) < 4.78 is 5.23. The number of benzene rings is 2. The number of hydrogen-bond acceptors (Lipinski definition) is 4. The standard InChI is InChI=1S/C21H22N4O3.ClH/c1-2-22-20(26)25-19-11-16-9-6-10-17(18(16)13-23-19)12-24-21(27)28-14-15-7-4-3-5-8-15;/h3-11,13H,2,12,14H2,1H3,(H,24,27)(H2,22,23,25,26);1H. The fourth-order valence-electron chi connectivity index (χ4n) is 2.72. The zero-order valence-electron chi connectivity index (χ0n) is 16.0. The van der Waals surface area contributed by atoms with E-state index in [1.807, 2.05) is 55.5 Å². The van der Waals surface area contributed by atoms with Crippen LogP contribution < -0.4 is 16.0 Å². The molecular formula is C21H23ClN4O3. The number of urea groups is 1. The number of fused-ring (bicyclic) bond motifs is 1. The fourth-order valence-corrected chi connectivity index (χ4v) is 2.72. The van der Waals surface area contributed by atoms with Crippen molar-refractivity contribution in [2.75, 3.05) is 11.9 Å². The molecule has 0 aliphatic rings. The van der Waals surface area contributed by atoms with Crippen LogP contribution in [0.15, 0.2) is 60.8 Å². The van der Waals surface area contributed by atoms with Crippen LogP contribution in [-0.4, -0.2) is 23.7 Å². The first-order chi connectivity index (χ1) is 13.7. The van der Waals surface area contributed by atoms with E-state index in [1.165, 1.54) is 0 Å². The van der Waals surface area contributed by atoms with Gasteiger partial charge in [0, 0.05) is 24.7 Å². The number of amides is 3. The van der Waals surface area contributed by atoms with Crippen LogP contribution in [0, 0.1) is 0 Å². The van der Waals surface area contributed by atoms with Gasteiger partial charge in [-0.25, -0.2) is 14.6 Å². The second-order valence-corrected chi connectivity index (χ2v) is 6.11. The molecule has 0 unspecified atom stereocenters. The monoisotopic (exact) mass is 414 g/mol. The summed E-state index contributed by atoms with van der Waals surface area (Å²) in [6.07, 6.45) is 1.20. The van der Waals surface area contributed by atoms with E-state index in [0.717, 1.165) is 21.9 Å². The van der Waals surface area contributed by atoms with E-state index in [1.54, 1.807) is 12.3 Å². The van der Waals surface area contributed by atoms with Crippen molar-refractivity contribution in [3.05, 3.63) is 71.9 Å². The summed E-state index contributed by atoms with van der Waals surface area (Å²) in [7, 11) is 0. The summed E-state index contributed by atoms with van der Waals surface area (Å²) in [6.45, 7) is 2.92. The Bertz CT molecular complexity index is 967. The van der Waals surface area contributed by atoms with Gasteiger partial charge >= 0.3 is 12.1 Å². The summed E-state index contributed by atoms with van der Waals surface area (Å²) in [4.78, 5) is 27.9. The molecular weight excluding hydrogens is 392 g/mol. The van der Waals surface area contributed by atoms with Crippen LogP contribution in [0.4, 0.5) is 15.4 Å². The van der Waals surface area contributed by atoms with E-state index in [9.17, 15) is 9.59 Å². The first kappa shape index (κ1) is 22.0. The second-order valence-electron chi connectivity index (χ2n) is 6.11. The number of pyridine rings is 1. The first-order valence-electron chi connectivity index (χ1n) is 9.02. The van der Waals surface area contributed by atoms with Gasteiger partial charge in [-0.3, -0.25) is 5.32 Å². The SMILES string of the molecule is CCNC(=O)Nc1cc2cccc(CNC(=O)OCc3ccccc3)c2cn1.Cl. The lowest BCUT2D eigenvalue weighted by Gasteiger charge is -2.10. The lowest BCUT2D eigenvalue weighted by Crippen LogP contribution is -2.28. The molecule has 0 saturated carbocycles. The third-order valence-electron chi connectivity index (χ3n) is 4.07. The fraction of sp³-hybridized carbons (Fsp3) is 0.190. The minimum atomic E-state index is -0.483. The molecule has 1 heterocycles. The summed E-state index contributed by atoms with van der Waals surface area (Å²) >= 11 is 0. The van der Waals surface area contributed by atoms with Crippen molar-refractivity contribution in [3.8, 4) is 0 Å². The minimum absolute atomic E-state index is 0. The molecule has 3 N–H and O–H groups in total. The number of halogens is 1. The Balaban J connectivity index is 0.00000300. The van der Waals surface area contributed by atoms with Gasteiger partial charge in [-0.1, -0.05) is 48.5 Å². The molecule has 0 aliphatic carbocycles. The van der Waals surface area contributed by atoms with Crippen molar-refractivity contribution in [3.63, 3.8) is 0 Å². The van der Waals surface area contributed by atoms with E-state index in [0.29, 0.717) is 18.9 Å². The zero-order valence-corrected chi connectivity index (χ0v) is 16.8. The number of anilines is 1. The summed E-state index contributed by atoms with van der Waals surface area (Å²) in [5, 5.41) is 9.91. The lowest BCUT2D eigenvalue weighted by molar-refractivity contribution is 0.139. The number of aromatic nitrogens is 1. The molecule has 3 aromatic rings. The zero-order chi connectivity index (χ0) is 19.8. The number of nitrogens with zero attached hydrogens (tertiary/aromatic N) is 1. The van der Waals surface area contributed by atoms with Gasteiger partial charge in [0.2, 0.25) is 0 Å². The van der Waals surface area contributed by atoms with Gasteiger partial charge < -0.3 is 15.4 Å². The molecule has 0 spiro atoms. The highest BCUT2D eigenvalue weighted by molar-refractivity contribution is 5.92. The third-order valence-corrected chi connectivity index (χ3v) is 4.07. The number of hydrogen-bond donors (Lipinski definition) is 3. The molecule has 0 radical (unpaired) electrons. The van der Waals surface area contributed by atoms with Crippen molar-refractivity contribution in [2.45, 2.75) is 20.1 Å². The normalized spacial score (nSPS) is 9.97. The molecule has 0 bridgehead atoms. The smallest absolute Gasteiger partial charge is 0.407 e. The van der Waals surface area contributed by atoms with Crippen LogP contribution in [0.25, 0.3) is 10.8 Å². The lowest BCUT2D eigenvalue weighted by atomic mass is 10.1. The predicted octanol–water partition coefficient (Wildman–Crippen LogP) is 4.22. The van der Waals surface area contributed by atoms with Gasteiger partial charge in [0.1, 0.15) is 12.4 Å². The van der Waals surface area contributed by atoms with E-state index < -0.39 is 6.09 Å². The molecule has 0 saturated heterocycles. The van der Waals surface area contributed by atoms with Gasteiger partial charge in [0.15, 0.2) is 0 Å². The van der Waals surface area contributed by atoms with Crippen LogP contribution in [0.1, 0.15) is 18.1 Å². The molecule has 1 aromatic heterocycles. The minimum Gasteiger partial charge on any atom is -0.445 e. The van der Waals surface area contributed by atoms with Crippen molar-refractivity contribution < 1.29 is 14.3 Å². The number of ether oxygens (including phenoxy) is 1. The number of nitrogens with one attached hydrogen (secondary N) is 3. The summed E-state index contributed by atoms with van der Waals surface area (Å²) in [5.41, 5.74) is 1.84. The maximum atomic E-state index is 12.0. The van der Waals surface area contributed by atoms with E-state index in [-0.39, 0.29) is 25.0 Å². The molecule has 0 atom stereocenters. The Kier molecular flexibility index (Phi) is 8.24. The van der Waals surface area contributed by atoms with Gasteiger partial charge in [-0.15, -0.1) is 12.4 Å². The third kappa shape index (κ3) is 6.36. The predicted molar refractivity (Wildman–Crippen MR) is 115 cm³/mol. The molecule has 0 aliphatic heterocycles.